The third kappa shape index (κ3) is 3.07. The number of allylic oxidation sites excluding steroid dienone is 2. The molecule has 0 aromatic heterocycles. The number of hydrogen-bond donors (Lipinski definition) is 1. The van der Waals surface area contributed by atoms with Gasteiger partial charge in [-0.25, -0.2) is 4.79 Å². The van der Waals surface area contributed by atoms with Gasteiger partial charge >= 0.3 is 6.09 Å². The van der Waals surface area contributed by atoms with E-state index < -0.39 is 6.09 Å². The highest BCUT2D eigenvalue weighted by Crippen LogP contribution is 2.17. The van der Waals surface area contributed by atoms with Crippen molar-refractivity contribution >= 4 is 6.09 Å². The summed E-state index contributed by atoms with van der Waals surface area (Å²) >= 11 is 0. The lowest BCUT2D eigenvalue weighted by atomic mass is 10.2. The van der Waals surface area contributed by atoms with Gasteiger partial charge < -0.3 is 10.5 Å². The van der Waals surface area contributed by atoms with Crippen LogP contribution in [0.4, 0.5) is 4.79 Å². The van der Waals surface area contributed by atoms with Crippen LogP contribution in [0, 0.1) is 0 Å². The Kier molecular flexibility index (Phi) is 2.95. The molecule has 0 atom stereocenters. The fourth-order valence-corrected chi connectivity index (χ4v) is 1.21. The lowest BCUT2D eigenvalue weighted by Gasteiger charge is -2.02. The van der Waals surface area contributed by atoms with E-state index in [4.69, 9.17) is 10.5 Å². The van der Waals surface area contributed by atoms with Crippen molar-refractivity contribution in [3.05, 3.63) is 11.8 Å². The second-order valence-corrected chi connectivity index (χ2v) is 2.69. The molecule has 0 bridgehead atoms. The SMILES string of the molecule is NC(=O)OC1=CCCCCC1. The van der Waals surface area contributed by atoms with Crippen molar-refractivity contribution in [2.75, 3.05) is 0 Å². The first-order valence-corrected chi connectivity index (χ1v) is 3.95. The highest BCUT2D eigenvalue weighted by atomic mass is 16.5. The van der Waals surface area contributed by atoms with Crippen molar-refractivity contribution < 1.29 is 9.53 Å². The first-order chi connectivity index (χ1) is 5.29. The zero-order valence-corrected chi connectivity index (χ0v) is 6.51. The van der Waals surface area contributed by atoms with Gasteiger partial charge in [-0.05, 0) is 25.3 Å². The predicted molar refractivity (Wildman–Crippen MR) is 41.8 cm³/mol. The summed E-state index contributed by atoms with van der Waals surface area (Å²) in [5.41, 5.74) is 4.87. The molecule has 1 aliphatic carbocycles. The van der Waals surface area contributed by atoms with Gasteiger partial charge in [-0.15, -0.1) is 0 Å². The van der Waals surface area contributed by atoms with Crippen LogP contribution in [0.1, 0.15) is 32.1 Å². The zero-order valence-electron chi connectivity index (χ0n) is 6.51. The number of nitrogens with two attached hydrogens (primary N) is 1. The summed E-state index contributed by atoms with van der Waals surface area (Å²) in [7, 11) is 0. The third-order valence-electron chi connectivity index (χ3n) is 1.73. The maximum atomic E-state index is 10.3. The maximum Gasteiger partial charge on any atom is 0.409 e. The molecule has 0 saturated heterocycles. The first kappa shape index (κ1) is 8.11. The van der Waals surface area contributed by atoms with Crippen molar-refractivity contribution in [3.8, 4) is 0 Å². The monoisotopic (exact) mass is 155 g/mol. The Morgan fingerprint density at radius 1 is 1.45 bits per heavy atom. The average molecular weight is 155 g/mol. The van der Waals surface area contributed by atoms with Crippen molar-refractivity contribution in [1.29, 1.82) is 0 Å². The summed E-state index contributed by atoms with van der Waals surface area (Å²) < 4.78 is 4.77. The number of amides is 1. The van der Waals surface area contributed by atoms with E-state index >= 15 is 0 Å². The van der Waals surface area contributed by atoms with Crippen LogP contribution >= 0.6 is 0 Å². The van der Waals surface area contributed by atoms with Gasteiger partial charge in [0.15, 0.2) is 0 Å². The van der Waals surface area contributed by atoms with Crippen LogP contribution < -0.4 is 5.73 Å². The second kappa shape index (κ2) is 4.01. The van der Waals surface area contributed by atoms with E-state index in [1.165, 1.54) is 12.8 Å². The first-order valence-electron chi connectivity index (χ1n) is 3.95. The molecule has 62 valence electrons. The summed E-state index contributed by atoms with van der Waals surface area (Å²) in [5, 5.41) is 0. The van der Waals surface area contributed by atoms with E-state index in [9.17, 15) is 4.79 Å². The van der Waals surface area contributed by atoms with Crippen LogP contribution in [-0.4, -0.2) is 6.09 Å². The van der Waals surface area contributed by atoms with Crippen LogP contribution in [0.2, 0.25) is 0 Å². The van der Waals surface area contributed by atoms with E-state index in [1.54, 1.807) is 0 Å². The molecule has 0 heterocycles. The Bertz CT molecular complexity index is 175. The topological polar surface area (TPSA) is 52.3 Å². The van der Waals surface area contributed by atoms with Gasteiger partial charge in [-0.2, -0.15) is 0 Å². The maximum absolute atomic E-state index is 10.3. The number of carbonyl (C=O) groups excluding carboxylic acids is 1. The fraction of sp³-hybridized carbons (Fsp3) is 0.625. The summed E-state index contributed by atoms with van der Waals surface area (Å²) in [4.78, 5) is 10.3. The van der Waals surface area contributed by atoms with Crippen molar-refractivity contribution in [2.45, 2.75) is 32.1 Å². The molecule has 1 amide bonds. The minimum Gasteiger partial charge on any atom is -0.415 e. The van der Waals surface area contributed by atoms with Gasteiger partial charge in [-0.1, -0.05) is 6.42 Å². The number of carbonyl (C=O) groups is 1. The molecule has 1 rings (SSSR count). The molecule has 0 saturated carbocycles. The molecular weight excluding hydrogens is 142 g/mol. The molecule has 0 aliphatic heterocycles. The smallest absolute Gasteiger partial charge is 0.409 e. The highest BCUT2D eigenvalue weighted by Gasteiger charge is 2.05. The van der Waals surface area contributed by atoms with E-state index in [2.05, 4.69) is 0 Å². The van der Waals surface area contributed by atoms with Gasteiger partial charge in [0, 0.05) is 6.42 Å². The largest absolute Gasteiger partial charge is 0.415 e. The lowest BCUT2D eigenvalue weighted by molar-refractivity contribution is 0.183. The molecule has 0 fully saturated rings. The second-order valence-electron chi connectivity index (χ2n) is 2.69. The molecule has 11 heavy (non-hydrogen) atoms. The summed E-state index contributed by atoms with van der Waals surface area (Å²) in [5.74, 6) is 0.745. The average Bonchev–Trinajstić information content (AvgIpc) is 2.14. The highest BCUT2D eigenvalue weighted by molar-refractivity contribution is 5.65. The van der Waals surface area contributed by atoms with Gasteiger partial charge in [0.05, 0.1) is 0 Å². The Hall–Kier alpha value is -0.990. The van der Waals surface area contributed by atoms with Gasteiger partial charge in [-0.3, -0.25) is 0 Å². The summed E-state index contributed by atoms with van der Waals surface area (Å²) in [6, 6.07) is 0. The van der Waals surface area contributed by atoms with Crippen LogP contribution in [-0.2, 0) is 4.74 Å². The van der Waals surface area contributed by atoms with Crippen molar-refractivity contribution in [3.63, 3.8) is 0 Å². The normalized spacial score (nSPS) is 18.4. The molecular formula is C8H13NO2. The molecule has 0 aromatic carbocycles. The lowest BCUT2D eigenvalue weighted by Crippen LogP contribution is -2.12. The van der Waals surface area contributed by atoms with Crippen molar-refractivity contribution in [1.82, 2.24) is 0 Å². The van der Waals surface area contributed by atoms with E-state index in [-0.39, 0.29) is 0 Å². The number of rotatable bonds is 1. The molecule has 0 radical (unpaired) electrons. The molecule has 2 N–H and O–H groups in total. The standard InChI is InChI=1S/C8H13NO2/c9-8(10)11-7-5-3-1-2-4-6-7/h5H,1-4,6H2,(H2,9,10). The van der Waals surface area contributed by atoms with E-state index in [0.29, 0.717) is 0 Å². The van der Waals surface area contributed by atoms with E-state index in [1.807, 2.05) is 6.08 Å². The van der Waals surface area contributed by atoms with Crippen LogP contribution in [0.25, 0.3) is 0 Å². The van der Waals surface area contributed by atoms with Gasteiger partial charge in [0.25, 0.3) is 0 Å². The van der Waals surface area contributed by atoms with Crippen molar-refractivity contribution in [2.24, 2.45) is 5.73 Å². The van der Waals surface area contributed by atoms with Gasteiger partial charge in [0.1, 0.15) is 5.76 Å². The summed E-state index contributed by atoms with van der Waals surface area (Å²) in [6.45, 7) is 0. The van der Waals surface area contributed by atoms with Gasteiger partial charge in [0.2, 0.25) is 0 Å². The Labute approximate surface area is 66.2 Å². The van der Waals surface area contributed by atoms with Crippen LogP contribution in [0.15, 0.2) is 11.8 Å². The molecule has 0 unspecified atom stereocenters. The Morgan fingerprint density at radius 2 is 2.27 bits per heavy atom. The molecule has 3 heteroatoms. The number of primary amides is 1. The number of ether oxygens (including phenoxy) is 1. The van der Waals surface area contributed by atoms with E-state index in [0.717, 1.165) is 25.0 Å². The molecule has 1 aliphatic rings. The Morgan fingerprint density at radius 3 is 3.00 bits per heavy atom. The predicted octanol–water partition coefficient (Wildman–Crippen LogP) is 1.93. The molecule has 0 spiro atoms. The minimum atomic E-state index is -0.696. The number of hydrogen-bond acceptors (Lipinski definition) is 2. The zero-order chi connectivity index (χ0) is 8.10. The quantitative estimate of drug-likeness (QED) is 0.629. The Balaban J connectivity index is 2.40. The minimum absolute atomic E-state index is 0.696. The molecule has 0 aromatic rings. The fourth-order valence-electron chi connectivity index (χ4n) is 1.21. The molecule has 3 nitrogen and oxygen atoms in total. The third-order valence-corrected chi connectivity index (χ3v) is 1.73. The summed E-state index contributed by atoms with van der Waals surface area (Å²) in [6.07, 6.45) is 6.61. The van der Waals surface area contributed by atoms with Crippen LogP contribution in [0.3, 0.4) is 0 Å². The van der Waals surface area contributed by atoms with Crippen LogP contribution in [0.5, 0.6) is 0 Å².